The van der Waals surface area contributed by atoms with Gasteiger partial charge in [-0.3, -0.25) is 9.78 Å². The fraction of sp³-hybridized carbons (Fsp3) is 0.0417. The van der Waals surface area contributed by atoms with Gasteiger partial charge in [-0.2, -0.15) is 0 Å². The zero-order valence-corrected chi connectivity index (χ0v) is 19.6. The maximum Gasteiger partial charge on any atom is 0.323 e. The number of nitrogens with zero attached hydrogens (tertiary/aromatic N) is 1. The number of benzene rings is 3. The average Bonchev–Trinajstić information content (AvgIpc) is 2.82. The fourth-order valence-corrected chi connectivity index (χ4v) is 3.71. The lowest BCUT2D eigenvalue weighted by Gasteiger charge is -2.13. The Morgan fingerprint density at radius 2 is 1.63 bits per heavy atom. The number of nitrogens with two attached hydrogens (primary N) is 1. The number of carbonyl (C=O) groups excluding carboxylic acids is 2. The number of ether oxygens (including phenoxy) is 2. The summed E-state index contributed by atoms with van der Waals surface area (Å²) in [6, 6.07) is 13.1. The minimum Gasteiger partial charge on any atom is -0.508 e. The van der Waals surface area contributed by atoms with Crippen molar-refractivity contribution >= 4 is 57.4 Å². The highest BCUT2D eigenvalue weighted by atomic mass is 35.5. The Labute approximate surface area is 209 Å². The van der Waals surface area contributed by atoms with Crippen molar-refractivity contribution in [3.63, 3.8) is 0 Å². The van der Waals surface area contributed by atoms with Crippen molar-refractivity contribution < 1.29 is 24.2 Å². The molecule has 0 saturated carbocycles. The molecule has 4 aromatic rings. The number of aromatic nitrogens is 1. The van der Waals surface area contributed by atoms with E-state index in [0.717, 1.165) is 0 Å². The number of phenolic OH excluding ortho intramolecular Hbond substituents is 1. The first kappa shape index (κ1) is 23.9. The summed E-state index contributed by atoms with van der Waals surface area (Å²) in [5, 5.41) is 15.6. The molecule has 9 nitrogen and oxygen atoms in total. The molecule has 0 fully saturated rings. The molecule has 0 spiro atoms. The number of anilines is 2. The first-order chi connectivity index (χ1) is 16.7. The highest BCUT2D eigenvalue weighted by Gasteiger charge is 2.15. The number of nitrogens with one attached hydrogen (secondary N) is 2. The zero-order chi connectivity index (χ0) is 25.1. The van der Waals surface area contributed by atoms with Crippen LogP contribution in [-0.2, 0) is 0 Å². The van der Waals surface area contributed by atoms with Crippen LogP contribution in [0, 0.1) is 0 Å². The number of halogens is 2. The van der Waals surface area contributed by atoms with Crippen molar-refractivity contribution in [1.29, 1.82) is 0 Å². The molecule has 0 bridgehead atoms. The largest absolute Gasteiger partial charge is 0.508 e. The zero-order valence-electron chi connectivity index (χ0n) is 18.1. The van der Waals surface area contributed by atoms with Gasteiger partial charge in [0.1, 0.15) is 23.0 Å². The molecule has 3 aromatic carbocycles. The number of urea groups is 1. The average molecular weight is 513 g/mol. The summed E-state index contributed by atoms with van der Waals surface area (Å²) in [6.45, 7) is 0. The maximum atomic E-state index is 12.3. The first-order valence-electron chi connectivity index (χ1n) is 10.1. The molecule has 0 unspecified atom stereocenters. The number of phenols is 1. The molecule has 1 aromatic heterocycles. The summed E-state index contributed by atoms with van der Waals surface area (Å²) < 4.78 is 11.2. The van der Waals surface area contributed by atoms with Crippen molar-refractivity contribution in [1.82, 2.24) is 4.98 Å². The molecular weight excluding hydrogens is 495 g/mol. The van der Waals surface area contributed by atoms with Gasteiger partial charge in [0.25, 0.3) is 5.91 Å². The third-order valence-corrected chi connectivity index (χ3v) is 5.53. The molecule has 0 aliphatic rings. The van der Waals surface area contributed by atoms with E-state index in [1.807, 2.05) is 0 Å². The number of pyridine rings is 1. The Bertz CT molecular complexity index is 1460. The molecule has 11 heteroatoms. The van der Waals surface area contributed by atoms with E-state index in [0.29, 0.717) is 39.5 Å². The van der Waals surface area contributed by atoms with Gasteiger partial charge in [-0.05, 0) is 36.4 Å². The number of primary amides is 1. The summed E-state index contributed by atoms with van der Waals surface area (Å²) in [5.74, 6) is 0.429. The number of hydrogen-bond donors (Lipinski definition) is 4. The predicted octanol–water partition coefficient (Wildman–Crippen LogP) is 5.79. The van der Waals surface area contributed by atoms with Crippen LogP contribution in [-0.4, -0.2) is 29.1 Å². The molecule has 178 valence electrons. The summed E-state index contributed by atoms with van der Waals surface area (Å²) >= 11 is 12.4. The minimum atomic E-state index is -0.649. The number of aromatic hydroxyl groups is 1. The van der Waals surface area contributed by atoms with Gasteiger partial charge in [-0.1, -0.05) is 23.2 Å². The minimum absolute atomic E-state index is 0.0217. The first-order valence-corrected chi connectivity index (χ1v) is 10.8. The van der Waals surface area contributed by atoms with E-state index in [9.17, 15) is 14.7 Å². The summed E-state index contributed by atoms with van der Waals surface area (Å²) in [5.41, 5.74) is 6.84. The van der Waals surface area contributed by atoms with Gasteiger partial charge in [-0.25, -0.2) is 4.79 Å². The lowest BCUT2D eigenvalue weighted by Crippen LogP contribution is -2.19. The Morgan fingerprint density at radius 3 is 2.26 bits per heavy atom. The summed E-state index contributed by atoms with van der Waals surface area (Å²) in [4.78, 5) is 28.4. The second-order valence-corrected chi connectivity index (χ2v) is 8.04. The Morgan fingerprint density at radius 1 is 0.943 bits per heavy atom. The SMILES string of the molecule is COc1cc2nccc(Oc3ccc(NC(=O)Nc4ccc(O)cc4Cl)c(Cl)c3)c2cc1C(N)=O. The van der Waals surface area contributed by atoms with Crippen molar-refractivity contribution in [2.45, 2.75) is 0 Å². The highest BCUT2D eigenvalue weighted by molar-refractivity contribution is 6.35. The molecule has 0 atom stereocenters. The molecule has 4 rings (SSSR count). The van der Waals surface area contributed by atoms with E-state index in [4.69, 9.17) is 38.4 Å². The van der Waals surface area contributed by atoms with Crippen LogP contribution in [0.4, 0.5) is 16.2 Å². The van der Waals surface area contributed by atoms with Crippen LogP contribution in [0.15, 0.2) is 60.8 Å². The third-order valence-electron chi connectivity index (χ3n) is 4.91. The van der Waals surface area contributed by atoms with Crippen LogP contribution >= 0.6 is 23.2 Å². The van der Waals surface area contributed by atoms with E-state index in [-0.39, 0.29) is 21.4 Å². The maximum absolute atomic E-state index is 12.3. The standard InChI is InChI=1S/C24H18Cl2N4O5/c1-34-22-11-20-14(10-15(22)23(27)32)21(6-7-28-20)35-13-3-5-19(17(26)9-13)30-24(33)29-18-4-2-12(31)8-16(18)25/h2-11,31H,1H3,(H2,27,32)(H2,29,30,33). The lowest BCUT2D eigenvalue weighted by molar-refractivity contribution is 0.0997. The topological polar surface area (TPSA) is 136 Å². The van der Waals surface area contributed by atoms with Crippen molar-refractivity contribution in [2.24, 2.45) is 5.73 Å². The molecule has 5 N–H and O–H groups in total. The molecule has 3 amide bonds. The number of fused-ring (bicyclic) bond motifs is 1. The fourth-order valence-electron chi connectivity index (χ4n) is 3.27. The van der Waals surface area contributed by atoms with E-state index in [2.05, 4.69) is 15.6 Å². The predicted molar refractivity (Wildman–Crippen MR) is 134 cm³/mol. The van der Waals surface area contributed by atoms with Gasteiger partial charge in [-0.15, -0.1) is 0 Å². The van der Waals surface area contributed by atoms with Crippen LogP contribution < -0.4 is 25.8 Å². The van der Waals surface area contributed by atoms with E-state index in [1.165, 1.54) is 31.4 Å². The molecule has 0 aliphatic carbocycles. The number of hydrogen-bond acceptors (Lipinski definition) is 6. The molecule has 0 radical (unpaired) electrons. The van der Waals surface area contributed by atoms with Crippen molar-refractivity contribution in [3.8, 4) is 23.0 Å². The van der Waals surface area contributed by atoms with Gasteiger partial charge >= 0.3 is 6.03 Å². The second-order valence-electron chi connectivity index (χ2n) is 7.23. The van der Waals surface area contributed by atoms with Crippen molar-refractivity contribution in [2.75, 3.05) is 17.7 Å². The Kier molecular flexibility index (Phi) is 6.81. The van der Waals surface area contributed by atoms with E-state index in [1.54, 1.807) is 36.5 Å². The number of carbonyl (C=O) groups is 2. The quantitative estimate of drug-likeness (QED) is 0.241. The molecule has 1 heterocycles. The second kappa shape index (κ2) is 9.96. The molecular formula is C24H18Cl2N4O5. The van der Waals surface area contributed by atoms with Gasteiger partial charge in [0, 0.05) is 29.8 Å². The van der Waals surface area contributed by atoms with Gasteiger partial charge in [0.05, 0.1) is 39.6 Å². The van der Waals surface area contributed by atoms with E-state index >= 15 is 0 Å². The summed E-state index contributed by atoms with van der Waals surface area (Å²) in [6.07, 6.45) is 1.55. The Balaban J connectivity index is 1.54. The summed E-state index contributed by atoms with van der Waals surface area (Å²) in [7, 11) is 1.44. The van der Waals surface area contributed by atoms with Gasteiger partial charge in [0.15, 0.2) is 0 Å². The number of methoxy groups -OCH3 is 1. The Hall–Kier alpha value is -4.21. The van der Waals surface area contributed by atoms with Crippen LogP contribution in [0.3, 0.4) is 0 Å². The lowest BCUT2D eigenvalue weighted by atomic mass is 10.1. The smallest absolute Gasteiger partial charge is 0.323 e. The van der Waals surface area contributed by atoms with Crippen molar-refractivity contribution in [3.05, 3.63) is 76.4 Å². The van der Waals surface area contributed by atoms with Crippen LogP contribution in [0.25, 0.3) is 10.9 Å². The van der Waals surface area contributed by atoms with E-state index < -0.39 is 11.9 Å². The highest BCUT2D eigenvalue weighted by Crippen LogP contribution is 2.35. The van der Waals surface area contributed by atoms with Crippen LogP contribution in [0.2, 0.25) is 10.0 Å². The molecule has 35 heavy (non-hydrogen) atoms. The van der Waals surface area contributed by atoms with Crippen LogP contribution in [0.5, 0.6) is 23.0 Å². The monoisotopic (exact) mass is 512 g/mol. The van der Waals surface area contributed by atoms with Gasteiger partial charge in [0.2, 0.25) is 0 Å². The molecule has 0 saturated heterocycles. The third kappa shape index (κ3) is 5.32. The van der Waals surface area contributed by atoms with Gasteiger partial charge < -0.3 is 30.9 Å². The normalized spacial score (nSPS) is 10.6. The number of rotatable bonds is 6. The number of amides is 3. The van der Waals surface area contributed by atoms with Crippen LogP contribution in [0.1, 0.15) is 10.4 Å². The molecule has 0 aliphatic heterocycles.